The molecule has 1 aromatic carbocycles. The predicted molar refractivity (Wildman–Crippen MR) is 73.6 cm³/mol. The van der Waals surface area contributed by atoms with Crippen molar-refractivity contribution in [3.63, 3.8) is 0 Å². The van der Waals surface area contributed by atoms with Gasteiger partial charge in [-0.3, -0.25) is 20.3 Å². The number of ether oxygens (including phenoxy) is 2. The Hall–Kier alpha value is -2.19. The number of nitrogens with one attached hydrogen (secondary N) is 1. The first-order valence-corrected chi connectivity index (χ1v) is 6.55. The van der Waals surface area contributed by atoms with Crippen LogP contribution < -0.4 is 16.0 Å². The number of benzene rings is 1. The molecule has 114 valence electrons. The summed E-state index contributed by atoms with van der Waals surface area (Å²) in [5.74, 6) is 5.14. The van der Waals surface area contributed by atoms with Crippen LogP contribution in [0.2, 0.25) is 0 Å². The van der Waals surface area contributed by atoms with Crippen molar-refractivity contribution >= 4 is 11.6 Å². The average molecular weight is 295 g/mol. The van der Waals surface area contributed by atoms with E-state index in [9.17, 15) is 14.9 Å². The molecule has 0 saturated carbocycles. The Bertz CT molecular complexity index is 549. The first-order valence-electron chi connectivity index (χ1n) is 6.55. The molecule has 3 N–H and O–H groups in total. The molecule has 8 heteroatoms. The van der Waals surface area contributed by atoms with Crippen LogP contribution in [0.5, 0.6) is 5.75 Å². The van der Waals surface area contributed by atoms with E-state index in [0.29, 0.717) is 18.6 Å². The minimum atomic E-state index is -0.560. The molecule has 1 saturated heterocycles. The van der Waals surface area contributed by atoms with Crippen LogP contribution in [0.1, 0.15) is 18.4 Å². The number of nitrogens with two attached hydrogens (primary N) is 1. The molecule has 1 amide bonds. The van der Waals surface area contributed by atoms with E-state index in [2.05, 4.69) is 5.43 Å². The number of non-ortho nitro benzene ring substituents is 1. The summed E-state index contributed by atoms with van der Waals surface area (Å²) in [4.78, 5) is 21.6. The van der Waals surface area contributed by atoms with Crippen molar-refractivity contribution in [1.82, 2.24) is 5.43 Å². The summed E-state index contributed by atoms with van der Waals surface area (Å²) in [6.07, 6.45) is 0.456. The number of nitrogens with zero attached hydrogens (tertiary/aromatic N) is 1. The third-order valence-electron chi connectivity index (χ3n) is 3.35. The molecular formula is C13H17N3O5. The number of aryl methyl sites for hydroxylation is 1. The molecule has 1 heterocycles. The summed E-state index contributed by atoms with van der Waals surface area (Å²) in [5, 5.41) is 10.7. The number of hydrazine groups is 1. The highest BCUT2D eigenvalue weighted by Crippen LogP contribution is 2.26. The fraction of sp³-hybridized carbons (Fsp3) is 0.462. The van der Waals surface area contributed by atoms with Crippen molar-refractivity contribution in [3.05, 3.63) is 33.9 Å². The Morgan fingerprint density at radius 1 is 1.57 bits per heavy atom. The number of carbonyl (C=O) groups excluding carboxylic acids is 1. The second-order valence-electron chi connectivity index (χ2n) is 4.85. The first-order chi connectivity index (χ1) is 10.0. The van der Waals surface area contributed by atoms with Gasteiger partial charge in [-0.15, -0.1) is 0 Å². The van der Waals surface area contributed by atoms with E-state index in [4.69, 9.17) is 15.3 Å². The van der Waals surface area contributed by atoms with Gasteiger partial charge in [0, 0.05) is 6.07 Å². The van der Waals surface area contributed by atoms with Gasteiger partial charge in [-0.1, -0.05) is 0 Å². The van der Waals surface area contributed by atoms with Gasteiger partial charge in [-0.25, -0.2) is 5.84 Å². The molecule has 2 rings (SSSR count). The molecule has 8 nitrogen and oxygen atoms in total. The molecule has 2 atom stereocenters. The summed E-state index contributed by atoms with van der Waals surface area (Å²) in [5.41, 5.74) is 2.83. The zero-order chi connectivity index (χ0) is 15.4. The molecule has 0 spiro atoms. The van der Waals surface area contributed by atoms with Crippen molar-refractivity contribution in [2.45, 2.75) is 32.0 Å². The van der Waals surface area contributed by atoms with Crippen molar-refractivity contribution < 1.29 is 19.2 Å². The second-order valence-corrected chi connectivity index (χ2v) is 4.85. The highest BCUT2D eigenvalue weighted by molar-refractivity contribution is 5.80. The summed E-state index contributed by atoms with van der Waals surface area (Å²) in [7, 11) is 0. The normalized spacial score (nSPS) is 21.0. The fourth-order valence-corrected chi connectivity index (χ4v) is 2.15. The Labute approximate surface area is 121 Å². The molecule has 0 bridgehead atoms. The molecule has 1 aliphatic heterocycles. The molecule has 0 aromatic heterocycles. The van der Waals surface area contributed by atoms with E-state index in [1.165, 1.54) is 12.1 Å². The fourth-order valence-electron chi connectivity index (χ4n) is 2.15. The monoisotopic (exact) mass is 295 g/mol. The largest absolute Gasteiger partial charge is 0.490 e. The third-order valence-corrected chi connectivity index (χ3v) is 3.35. The maximum absolute atomic E-state index is 11.3. The third kappa shape index (κ3) is 3.67. The van der Waals surface area contributed by atoms with E-state index >= 15 is 0 Å². The Kier molecular flexibility index (Phi) is 4.71. The van der Waals surface area contributed by atoms with Gasteiger partial charge in [0.05, 0.1) is 17.1 Å². The van der Waals surface area contributed by atoms with Gasteiger partial charge < -0.3 is 9.47 Å². The zero-order valence-corrected chi connectivity index (χ0v) is 11.6. The Morgan fingerprint density at radius 3 is 3.00 bits per heavy atom. The Balaban J connectivity index is 1.93. The van der Waals surface area contributed by atoms with Gasteiger partial charge in [0.25, 0.3) is 11.6 Å². The molecule has 0 aliphatic carbocycles. The van der Waals surface area contributed by atoms with Crippen molar-refractivity contribution in [1.29, 1.82) is 0 Å². The first kappa shape index (κ1) is 15.2. The van der Waals surface area contributed by atoms with E-state index in [0.717, 1.165) is 5.56 Å². The molecule has 1 aromatic rings. The van der Waals surface area contributed by atoms with Gasteiger partial charge in [-0.05, 0) is 31.4 Å². The van der Waals surface area contributed by atoms with Crippen LogP contribution in [0.15, 0.2) is 18.2 Å². The average Bonchev–Trinajstić information content (AvgIpc) is 2.94. The van der Waals surface area contributed by atoms with E-state index in [-0.39, 0.29) is 24.3 Å². The number of carbonyl (C=O) groups is 1. The number of hydrogen-bond donors (Lipinski definition) is 2. The SMILES string of the molecule is Cc1ccc([N+](=O)[O-])cc1OCC1CCC(C(=O)NN)O1. The molecule has 21 heavy (non-hydrogen) atoms. The molecular weight excluding hydrogens is 278 g/mol. The number of hydrogen-bond acceptors (Lipinski definition) is 6. The molecule has 1 fully saturated rings. The lowest BCUT2D eigenvalue weighted by molar-refractivity contribution is -0.385. The van der Waals surface area contributed by atoms with Crippen LogP contribution in [0, 0.1) is 17.0 Å². The van der Waals surface area contributed by atoms with E-state index in [1.807, 2.05) is 0 Å². The van der Waals surface area contributed by atoms with Crippen LogP contribution in [0.3, 0.4) is 0 Å². The lowest BCUT2D eigenvalue weighted by Gasteiger charge is -2.14. The van der Waals surface area contributed by atoms with Gasteiger partial charge in [0.1, 0.15) is 18.5 Å². The minimum Gasteiger partial charge on any atom is -0.490 e. The van der Waals surface area contributed by atoms with Crippen LogP contribution >= 0.6 is 0 Å². The number of rotatable bonds is 5. The van der Waals surface area contributed by atoms with E-state index < -0.39 is 11.0 Å². The maximum atomic E-state index is 11.3. The molecule has 0 radical (unpaired) electrons. The minimum absolute atomic E-state index is 0.0247. The van der Waals surface area contributed by atoms with Crippen LogP contribution in [-0.4, -0.2) is 29.6 Å². The Morgan fingerprint density at radius 2 is 2.33 bits per heavy atom. The van der Waals surface area contributed by atoms with Gasteiger partial charge in [0.15, 0.2) is 0 Å². The smallest absolute Gasteiger partial charge is 0.273 e. The van der Waals surface area contributed by atoms with Crippen molar-refractivity contribution in [2.75, 3.05) is 6.61 Å². The van der Waals surface area contributed by atoms with Crippen LogP contribution in [0.4, 0.5) is 5.69 Å². The lowest BCUT2D eigenvalue weighted by atomic mass is 10.2. The second kappa shape index (κ2) is 6.51. The highest BCUT2D eigenvalue weighted by atomic mass is 16.6. The lowest BCUT2D eigenvalue weighted by Crippen LogP contribution is -2.39. The van der Waals surface area contributed by atoms with Crippen molar-refractivity contribution in [3.8, 4) is 5.75 Å². The highest BCUT2D eigenvalue weighted by Gasteiger charge is 2.30. The van der Waals surface area contributed by atoms with Crippen LogP contribution in [0.25, 0.3) is 0 Å². The standard InChI is InChI=1S/C13H17N3O5/c1-8-2-3-9(16(18)19)6-12(8)20-7-10-4-5-11(21-10)13(17)15-14/h2-3,6,10-11H,4-5,7,14H2,1H3,(H,15,17). The van der Waals surface area contributed by atoms with Gasteiger partial charge in [-0.2, -0.15) is 0 Å². The summed E-state index contributed by atoms with van der Waals surface area (Å²) in [6.45, 7) is 2.04. The predicted octanol–water partition coefficient (Wildman–Crippen LogP) is 0.820. The van der Waals surface area contributed by atoms with Crippen LogP contribution in [-0.2, 0) is 9.53 Å². The number of amides is 1. The summed E-state index contributed by atoms with van der Waals surface area (Å²) in [6, 6.07) is 4.44. The number of nitro benzene ring substituents is 1. The quantitative estimate of drug-likeness (QED) is 0.359. The van der Waals surface area contributed by atoms with Gasteiger partial charge in [0.2, 0.25) is 0 Å². The zero-order valence-electron chi connectivity index (χ0n) is 11.6. The van der Waals surface area contributed by atoms with E-state index in [1.54, 1.807) is 13.0 Å². The number of nitro groups is 1. The molecule has 1 aliphatic rings. The summed E-state index contributed by atoms with van der Waals surface area (Å²) < 4.78 is 11.1. The maximum Gasteiger partial charge on any atom is 0.273 e. The van der Waals surface area contributed by atoms with Crippen molar-refractivity contribution in [2.24, 2.45) is 5.84 Å². The van der Waals surface area contributed by atoms with Gasteiger partial charge >= 0.3 is 0 Å². The topological polar surface area (TPSA) is 117 Å². The summed E-state index contributed by atoms with van der Waals surface area (Å²) >= 11 is 0. The molecule has 2 unspecified atom stereocenters.